The van der Waals surface area contributed by atoms with Crippen LogP contribution in [0.2, 0.25) is 0 Å². The fraction of sp³-hybridized carbons (Fsp3) is 0.625. The molecule has 0 saturated heterocycles. The Hall–Kier alpha value is -1.26. The number of benzene rings is 1. The van der Waals surface area contributed by atoms with Crippen molar-refractivity contribution in [2.24, 2.45) is 0 Å². The van der Waals surface area contributed by atoms with E-state index in [2.05, 4.69) is 12.2 Å². The number of rotatable bonds is 9. The van der Waals surface area contributed by atoms with Gasteiger partial charge >= 0.3 is 0 Å². The summed E-state index contributed by atoms with van der Waals surface area (Å²) in [5.41, 5.74) is 0.248. The molecule has 4 heteroatoms. The van der Waals surface area contributed by atoms with Crippen LogP contribution in [0.3, 0.4) is 0 Å². The summed E-state index contributed by atoms with van der Waals surface area (Å²) in [6, 6.07) is 5.74. The van der Waals surface area contributed by atoms with Crippen LogP contribution in [0.1, 0.15) is 39.2 Å². The molecule has 0 amide bonds. The molecule has 20 heavy (non-hydrogen) atoms. The molecule has 0 radical (unpaired) electrons. The predicted molar refractivity (Wildman–Crippen MR) is 81.4 cm³/mol. The second-order valence-electron chi connectivity index (χ2n) is 5.29. The standard InChI is InChI=1S/C16H27NO3/c1-5-9-17-11-13-10-14(19-4)7-8-15(13)20-12-16(3,18)6-2/h7-8,10,17-18H,5-6,9,11-12H2,1-4H3. The van der Waals surface area contributed by atoms with E-state index in [1.54, 1.807) is 14.0 Å². The molecule has 0 heterocycles. The molecule has 0 spiro atoms. The lowest BCUT2D eigenvalue weighted by molar-refractivity contribution is 0.00815. The maximum Gasteiger partial charge on any atom is 0.124 e. The Bertz CT molecular complexity index is 405. The van der Waals surface area contributed by atoms with Crippen molar-refractivity contribution >= 4 is 0 Å². The van der Waals surface area contributed by atoms with Crippen molar-refractivity contribution in [1.29, 1.82) is 0 Å². The molecule has 0 saturated carbocycles. The van der Waals surface area contributed by atoms with Crippen LogP contribution in [0.15, 0.2) is 18.2 Å². The van der Waals surface area contributed by atoms with Gasteiger partial charge in [-0.25, -0.2) is 0 Å². The van der Waals surface area contributed by atoms with Crippen molar-refractivity contribution in [2.45, 2.75) is 45.8 Å². The van der Waals surface area contributed by atoms with Gasteiger partial charge in [-0.15, -0.1) is 0 Å². The second kappa shape index (κ2) is 8.12. The lowest BCUT2D eigenvalue weighted by Crippen LogP contribution is -2.31. The second-order valence-corrected chi connectivity index (χ2v) is 5.29. The van der Waals surface area contributed by atoms with Gasteiger partial charge in [-0.05, 0) is 44.5 Å². The summed E-state index contributed by atoms with van der Waals surface area (Å²) in [5, 5.41) is 13.4. The highest BCUT2D eigenvalue weighted by atomic mass is 16.5. The first-order valence-corrected chi connectivity index (χ1v) is 7.25. The molecule has 1 aromatic carbocycles. The Morgan fingerprint density at radius 3 is 2.65 bits per heavy atom. The van der Waals surface area contributed by atoms with E-state index in [0.29, 0.717) is 6.42 Å². The van der Waals surface area contributed by atoms with Gasteiger partial charge in [-0.2, -0.15) is 0 Å². The fourth-order valence-corrected chi connectivity index (χ4v) is 1.70. The highest BCUT2D eigenvalue weighted by molar-refractivity contribution is 5.40. The first-order chi connectivity index (χ1) is 9.52. The van der Waals surface area contributed by atoms with E-state index in [0.717, 1.165) is 36.6 Å². The zero-order valence-electron chi connectivity index (χ0n) is 13.0. The molecular weight excluding hydrogens is 254 g/mol. The molecule has 0 aromatic heterocycles. The van der Waals surface area contributed by atoms with Crippen molar-refractivity contribution in [3.63, 3.8) is 0 Å². The molecule has 1 atom stereocenters. The first-order valence-electron chi connectivity index (χ1n) is 7.25. The Balaban J connectivity index is 2.76. The fourth-order valence-electron chi connectivity index (χ4n) is 1.70. The number of hydrogen-bond acceptors (Lipinski definition) is 4. The predicted octanol–water partition coefficient (Wildman–Crippen LogP) is 2.73. The largest absolute Gasteiger partial charge is 0.497 e. The summed E-state index contributed by atoms with van der Waals surface area (Å²) in [6.45, 7) is 7.84. The summed E-state index contributed by atoms with van der Waals surface area (Å²) in [7, 11) is 1.65. The number of hydrogen-bond donors (Lipinski definition) is 2. The van der Waals surface area contributed by atoms with Crippen LogP contribution in [-0.2, 0) is 6.54 Å². The molecule has 1 aromatic rings. The topological polar surface area (TPSA) is 50.7 Å². The van der Waals surface area contributed by atoms with Crippen LogP contribution in [-0.4, -0.2) is 31.0 Å². The molecule has 0 aliphatic heterocycles. The third-order valence-electron chi connectivity index (χ3n) is 3.31. The Labute approximate surface area is 122 Å². The Morgan fingerprint density at radius 2 is 2.05 bits per heavy atom. The molecule has 0 fully saturated rings. The summed E-state index contributed by atoms with van der Waals surface area (Å²) in [4.78, 5) is 0. The molecule has 4 nitrogen and oxygen atoms in total. The Kier molecular flexibility index (Phi) is 6.82. The van der Waals surface area contributed by atoms with Crippen molar-refractivity contribution in [3.8, 4) is 11.5 Å². The summed E-state index contributed by atoms with van der Waals surface area (Å²) in [5.74, 6) is 1.61. The maximum atomic E-state index is 10.0. The maximum absolute atomic E-state index is 10.0. The van der Waals surface area contributed by atoms with Crippen LogP contribution in [0.4, 0.5) is 0 Å². The minimum Gasteiger partial charge on any atom is -0.497 e. The van der Waals surface area contributed by atoms with Crippen molar-refractivity contribution in [3.05, 3.63) is 23.8 Å². The molecule has 1 unspecified atom stereocenters. The van der Waals surface area contributed by atoms with Gasteiger partial charge in [0.2, 0.25) is 0 Å². The van der Waals surface area contributed by atoms with Crippen LogP contribution in [0.25, 0.3) is 0 Å². The van der Waals surface area contributed by atoms with E-state index in [1.165, 1.54) is 0 Å². The SMILES string of the molecule is CCCNCc1cc(OC)ccc1OCC(C)(O)CC. The summed E-state index contributed by atoms with van der Waals surface area (Å²) in [6.07, 6.45) is 1.75. The third kappa shape index (κ3) is 5.39. The first kappa shape index (κ1) is 16.8. The minimum absolute atomic E-state index is 0.288. The van der Waals surface area contributed by atoms with Crippen molar-refractivity contribution in [1.82, 2.24) is 5.32 Å². The number of ether oxygens (including phenoxy) is 2. The average Bonchev–Trinajstić information content (AvgIpc) is 2.46. The molecule has 0 aliphatic carbocycles. The van der Waals surface area contributed by atoms with Gasteiger partial charge in [0.15, 0.2) is 0 Å². The number of methoxy groups -OCH3 is 1. The van der Waals surface area contributed by atoms with Crippen molar-refractivity contribution in [2.75, 3.05) is 20.3 Å². The smallest absolute Gasteiger partial charge is 0.124 e. The van der Waals surface area contributed by atoms with E-state index < -0.39 is 5.60 Å². The summed E-state index contributed by atoms with van der Waals surface area (Å²) >= 11 is 0. The zero-order chi connectivity index (χ0) is 15.0. The van der Waals surface area contributed by atoms with E-state index in [1.807, 2.05) is 25.1 Å². The normalized spacial score (nSPS) is 13.8. The van der Waals surface area contributed by atoms with Gasteiger partial charge in [0.25, 0.3) is 0 Å². The van der Waals surface area contributed by atoms with Gasteiger partial charge in [0.1, 0.15) is 18.1 Å². The molecule has 2 N–H and O–H groups in total. The highest BCUT2D eigenvalue weighted by Crippen LogP contribution is 2.25. The van der Waals surface area contributed by atoms with Crippen LogP contribution in [0.5, 0.6) is 11.5 Å². The molecular formula is C16H27NO3. The minimum atomic E-state index is -0.798. The number of nitrogens with one attached hydrogen (secondary N) is 1. The third-order valence-corrected chi connectivity index (χ3v) is 3.31. The lowest BCUT2D eigenvalue weighted by Gasteiger charge is -2.22. The van der Waals surface area contributed by atoms with E-state index in [4.69, 9.17) is 9.47 Å². The average molecular weight is 281 g/mol. The van der Waals surface area contributed by atoms with Gasteiger partial charge in [-0.3, -0.25) is 0 Å². The quantitative estimate of drug-likeness (QED) is 0.683. The van der Waals surface area contributed by atoms with Crippen LogP contribution >= 0.6 is 0 Å². The van der Waals surface area contributed by atoms with Crippen LogP contribution < -0.4 is 14.8 Å². The molecule has 0 aliphatic rings. The lowest BCUT2D eigenvalue weighted by atomic mass is 10.1. The zero-order valence-corrected chi connectivity index (χ0v) is 13.0. The molecule has 114 valence electrons. The molecule has 0 bridgehead atoms. The monoisotopic (exact) mass is 281 g/mol. The highest BCUT2D eigenvalue weighted by Gasteiger charge is 2.19. The van der Waals surface area contributed by atoms with Crippen LogP contribution in [0, 0.1) is 0 Å². The summed E-state index contributed by atoms with van der Waals surface area (Å²) < 4.78 is 11.0. The van der Waals surface area contributed by atoms with Gasteiger partial charge in [0, 0.05) is 12.1 Å². The molecule has 1 rings (SSSR count). The van der Waals surface area contributed by atoms with Crippen molar-refractivity contribution < 1.29 is 14.6 Å². The van der Waals surface area contributed by atoms with E-state index in [-0.39, 0.29) is 6.61 Å². The van der Waals surface area contributed by atoms with E-state index in [9.17, 15) is 5.11 Å². The van der Waals surface area contributed by atoms with Gasteiger partial charge < -0.3 is 19.9 Å². The van der Waals surface area contributed by atoms with E-state index >= 15 is 0 Å². The van der Waals surface area contributed by atoms with Gasteiger partial charge in [0.05, 0.1) is 12.7 Å². The van der Waals surface area contributed by atoms with Gasteiger partial charge in [-0.1, -0.05) is 13.8 Å². The Morgan fingerprint density at radius 1 is 1.30 bits per heavy atom. The number of aliphatic hydroxyl groups is 1.